The molecule has 5 nitrogen and oxygen atoms in total. The molecule has 0 saturated heterocycles. The van der Waals surface area contributed by atoms with Crippen LogP contribution in [0.3, 0.4) is 0 Å². The van der Waals surface area contributed by atoms with Crippen molar-refractivity contribution in [2.45, 2.75) is 20.3 Å². The number of aromatic amines is 1. The Hall–Kier alpha value is -3.17. The van der Waals surface area contributed by atoms with E-state index in [1.165, 1.54) is 0 Å². The zero-order valence-corrected chi connectivity index (χ0v) is 15.2. The average Bonchev–Trinajstić information content (AvgIpc) is 3.36. The number of rotatable bonds is 4. The van der Waals surface area contributed by atoms with E-state index >= 15 is 0 Å². The summed E-state index contributed by atoms with van der Waals surface area (Å²) in [5, 5.41) is 18.5. The van der Waals surface area contributed by atoms with Gasteiger partial charge in [-0.25, -0.2) is 4.98 Å². The molecule has 0 aliphatic carbocycles. The fraction of sp³-hybridized carbons (Fsp3) is 0.150. The summed E-state index contributed by atoms with van der Waals surface area (Å²) >= 11 is 1.54. The Morgan fingerprint density at radius 1 is 1.38 bits per heavy atom. The topological polar surface area (TPSA) is 78.5 Å². The molecule has 0 aliphatic heterocycles. The minimum Gasteiger partial charge on any atom is -0.454 e. The Morgan fingerprint density at radius 2 is 2.23 bits per heavy atom. The SMILES string of the molecule is CCc1nc(C(C#N)=Cc2cn[nH]c2-c2cc3ccccc3o2)sc1C. The van der Waals surface area contributed by atoms with Crippen molar-refractivity contribution in [1.29, 1.82) is 5.26 Å². The number of allylic oxidation sites excluding steroid dienone is 1. The second-order valence-electron chi connectivity index (χ2n) is 5.89. The molecular weight excluding hydrogens is 344 g/mol. The highest BCUT2D eigenvalue weighted by Crippen LogP contribution is 2.31. The second kappa shape index (κ2) is 6.62. The fourth-order valence-corrected chi connectivity index (χ4v) is 3.84. The smallest absolute Gasteiger partial charge is 0.153 e. The van der Waals surface area contributed by atoms with E-state index < -0.39 is 0 Å². The van der Waals surface area contributed by atoms with Crippen LogP contribution < -0.4 is 0 Å². The normalized spacial score (nSPS) is 11.8. The number of nitriles is 1. The first-order chi connectivity index (χ1) is 12.7. The largest absolute Gasteiger partial charge is 0.454 e. The highest BCUT2D eigenvalue weighted by atomic mass is 32.1. The maximum Gasteiger partial charge on any atom is 0.153 e. The molecule has 3 aromatic heterocycles. The van der Waals surface area contributed by atoms with E-state index in [1.54, 1.807) is 17.5 Å². The van der Waals surface area contributed by atoms with Crippen LogP contribution in [0.5, 0.6) is 0 Å². The molecular formula is C20H16N4OS. The monoisotopic (exact) mass is 360 g/mol. The predicted molar refractivity (Wildman–Crippen MR) is 104 cm³/mol. The Bertz CT molecular complexity index is 1120. The van der Waals surface area contributed by atoms with E-state index in [0.717, 1.165) is 44.2 Å². The van der Waals surface area contributed by atoms with Crippen LogP contribution in [-0.4, -0.2) is 15.2 Å². The number of aryl methyl sites for hydroxylation is 2. The van der Waals surface area contributed by atoms with Crippen molar-refractivity contribution in [3.63, 3.8) is 0 Å². The number of nitrogens with one attached hydrogen (secondary N) is 1. The summed E-state index contributed by atoms with van der Waals surface area (Å²) in [4.78, 5) is 5.74. The summed E-state index contributed by atoms with van der Waals surface area (Å²) in [6.07, 6.45) is 4.36. The molecule has 0 aliphatic rings. The number of nitrogens with zero attached hydrogens (tertiary/aromatic N) is 3. The number of hydrogen-bond acceptors (Lipinski definition) is 5. The van der Waals surface area contributed by atoms with Crippen LogP contribution in [0.25, 0.3) is 34.1 Å². The number of hydrogen-bond donors (Lipinski definition) is 1. The van der Waals surface area contributed by atoms with Gasteiger partial charge >= 0.3 is 0 Å². The summed E-state index contributed by atoms with van der Waals surface area (Å²) in [5.41, 5.74) is 3.92. The van der Waals surface area contributed by atoms with Crippen molar-refractivity contribution in [3.05, 3.63) is 57.7 Å². The van der Waals surface area contributed by atoms with E-state index in [2.05, 4.69) is 28.2 Å². The third kappa shape index (κ3) is 2.83. The number of fused-ring (bicyclic) bond motifs is 1. The molecule has 6 heteroatoms. The third-order valence-corrected chi connectivity index (χ3v) is 5.27. The van der Waals surface area contributed by atoms with Crippen LogP contribution in [0.4, 0.5) is 0 Å². The summed E-state index contributed by atoms with van der Waals surface area (Å²) in [6, 6.07) is 12.1. The lowest BCUT2D eigenvalue weighted by atomic mass is 10.1. The van der Waals surface area contributed by atoms with Gasteiger partial charge in [0.2, 0.25) is 0 Å². The maximum atomic E-state index is 9.62. The molecule has 4 aromatic rings. The van der Waals surface area contributed by atoms with Crippen molar-refractivity contribution < 1.29 is 4.42 Å². The molecule has 0 radical (unpaired) electrons. The highest BCUT2D eigenvalue weighted by Gasteiger charge is 2.15. The summed E-state index contributed by atoms with van der Waals surface area (Å²) in [5.74, 6) is 0.691. The molecule has 128 valence electrons. The van der Waals surface area contributed by atoms with Crippen molar-refractivity contribution >= 4 is 34.0 Å². The van der Waals surface area contributed by atoms with Gasteiger partial charge in [-0.1, -0.05) is 25.1 Å². The summed E-state index contributed by atoms with van der Waals surface area (Å²) in [7, 11) is 0. The van der Waals surface area contributed by atoms with Gasteiger partial charge in [-0.2, -0.15) is 10.4 Å². The van der Waals surface area contributed by atoms with Crippen LogP contribution in [0, 0.1) is 18.3 Å². The molecule has 0 fully saturated rings. The van der Waals surface area contributed by atoms with Crippen molar-refractivity contribution in [2.75, 3.05) is 0 Å². The van der Waals surface area contributed by atoms with Gasteiger partial charge in [-0.15, -0.1) is 11.3 Å². The lowest BCUT2D eigenvalue weighted by Crippen LogP contribution is -1.85. The minimum absolute atomic E-state index is 0.525. The Balaban J connectivity index is 1.77. The predicted octanol–water partition coefficient (Wildman–Crippen LogP) is 5.21. The Morgan fingerprint density at radius 3 is 2.96 bits per heavy atom. The van der Waals surface area contributed by atoms with E-state index in [-0.39, 0.29) is 0 Å². The van der Waals surface area contributed by atoms with E-state index in [4.69, 9.17) is 4.42 Å². The number of aromatic nitrogens is 3. The quantitative estimate of drug-likeness (QED) is 0.506. The van der Waals surface area contributed by atoms with Crippen LogP contribution in [0.15, 0.2) is 40.9 Å². The molecule has 1 aromatic carbocycles. The van der Waals surface area contributed by atoms with Gasteiger partial charge in [-0.3, -0.25) is 5.10 Å². The summed E-state index contributed by atoms with van der Waals surface area (Å²) in [6.45, 7) is 4.10. The lowest BCUT2D eigenvalue weighted by molar-refractivity contribution is 0.628. The molecule has 1 N–H and O–H groups in total. The van der Waals surface area contributed by atoms with E-state index in [9.17, 15) is 5.26 Å². The average molecular weight is 360 g/mol. The molecule has 0 spiro atoms. The van der Waals surface area contributed by atoms with Crippen LogP contribution in [-0.2, 0) is 6.42 Å². The van der Waals surface area contributed by atoms with Crippen molar-refractivity contribution in [3.8, 4) is 17.5 Å². The number of furan rings is 1. The van der Waals surface area contributed by atoms with E-state index in [0.29, 0.717) is 11.3 Å². The standard InChI is InChI=1S/C20H16N4OS/c1-3-16-12(2)26-20(23-16)14(10-21)8-15-11-22-24-19(15)18-9-13-6-4-5-7-17(13)25-18/h4-9,11H,3H2,1-2H3,(H,22,24). The lowest BCUT2D eigenvalue weighted by Gasteiger charge is -1.96. The van der Waals surface area contributed by atoms with Gasteiger partial charge in [0.25, 0.3) is 0 Å². The molecule has 0 unspecified atom stereocenters. The highest BCUT2D eigenvalue weighted by molar-refractivity contribution is 7.12. The van der Waals surface area contributed by atoms with Crippen LogP contribution >= 0.6 is 11.3 Å². The van der Waals surface area contributed by atoms with Crippen LogP contribution in [0.1, 0.15) is 28.1 Å². The van der Waals surface area contributed by atoms with Crippen LogP contribution in [0.2, 0.25) is 0 Å². The molecule has 0 saturated carbocycles. The molecule has 0 bridgehead atoms. The fourth-order valence-electron chi connectivity index (χ4n) is 2.88. The summed E-state index contributed by atoms with van der Waals surface area (Å²) < 4.78 is 5.92. The zero-order valence-electron chi connectivity index (χ0n) is 14.4. The first-order valence-corrected chi connectivity index (χ1v) is 9.12. The minimum atomic E-state index is 0.525. The number of para-hydroxylation sites is 1. The first kappa shape index (κ1) is 16.3. The van der Waals surface area contributed by atoms with Gasteiger partial charge < -0.3 is 4.42 Å². The van der Waals surface area contributed by atoms with Gasteiger partial charge in [0.15, 0.2) is 5.76 Å². The number of H-pyrrole nitrogens is 1. The molecule has 4 rings (SSSR count). The molecule has 0 atom stereocenters. The molecule has 0 amide bonds. The van der Waals surface area contributed by atoms with Crippen molar-refractivity contribution in [1.82, 2.24) is 15.2 Å². The molecule has 3 heterocycles. The van der Waals surface area contributed by atoms with Gasteiger partial charge in [0, 0.05) is 15.8 Å². The Kier molecular flexibility index (Phi) is 4.15. The van der Waals surface area contributed by atoms with Gasteiger partial charge in [-0.05, 0) is 31.6 Å². The maximum absolute atomic E-state index is 9.62. The third-order valence-electron chi connectivity index (χ3n) is 4.22. The second-order valence-corrected chi connectivity index (χ2v) is 7.10. The van der Waals surface area contributed by atoms with E-state index in [1.807, 2.05) is 43.3 Å². The first-order valence-electron chi connectivity index (χ1n) is 8.30. The molecule has 26 heavy (non-hydrogen) atoms. The Labute approximate surface area is 154 Å². The van der Waals surface area contributed by atoms with Gasteiger partial charge in [0.1, 0.15) is 22.4 Å². The van der Waals surface area contributed by atoms with Crippen molar-refractivity contribution in [2.24, 2.45) is 0 Å². The number of benzene rings is 1. The zero-order chi connectivity index (χ0) is 18.1. The van der Waals surface area contributed by atoms with Gasteiger partial charge in [0.05, 0.1) is 17.5 Å². The number of thiazole rings is 1.